The van der Waals surface area contributed by atoms with Gasteiger partial charge in [0, 0.05) is 16.4 Å². The fraction of sp³-hybridized carbons (Fsp3) is 0.0952. The molecule has 0 aromatic heterocycles. The highest BCUT2D eigenvalue weighted by molar-refractivity contribution is 6.31. The normalized spacial score (nSPS) is 10.2. The van der Waals surface area contributed by atoms with Crippen LogP contribution in [0.4, 0.5) is 11.4 Å². The van der Waals surface area contributed by atoms with E-state index in [9.17, 15) is 4.79 Å². The fourth-order valence-corrected chi connectivity index (χ4v) is 2.50. The molecule has 0 fully saturated rings. The van der Waals surface area contributed by atoms with Gasteiger partial charge < -0.3 is 15.4 Å². The molecule has 3 rings (SSSR count). The molecule has 3 aromatic rings. The van der Waals surface area contributed by atoms with Gasteiger partial charge in [0.1, 0.15) is 11.5 Å². The lowest BCUT2D eigenvalue weighted by atomic mass is 10.2. The van der Waals surface area contributed by atoms with Gasteiger partial charge in [0.2, 0.25) is 5.91 Å². The molecule has 5 heteroatoms. The van der Waals surface area contributed by atoms with Crippen LogP contribution in [0.5, 0.6) is 11.5 Å². The first-order chi connectivity index (χ1) is 12.6. The van der Waals surface area contributed by atoms with E-state index >= 15 is 0 Å². The molecule has 0 aliphatic heterocycles. The zero-order chi connectivity index (χ0) is 18.4. The summed E-state index contributed by atoms with van der Waals surface area (Å²) < 4.78 is 5.73. The van der Waals surface area contributed by atoms with Gasteiger partial charge in [-0.2, -0.15) is 0 Å². The Balaban J connectivity index is 1.51. The molecule has 0 atom stereocenters. The van der Waals surface area contributed by atoms with E-state index in [-0.39, 0.29) is 12.5 Å². The number of benzene rings is 3. The first-order valence-corrected chi connectivity index (χ1v) is 8.61. The van der Waals surface area contributed by atoms with Crippen molar-refractivity contribution in [3.8, 4) is 11.5 Å². The Labute approximate surface area is 157 Å². The second kappa shape index (κ2) is 8.41. The number of aryl methyl sites for hydroxylation is 1. The number of amides is 1. The summed E-state index contributed by atoms with van der Waals surface area (Å²) in [5.41, 5.74) is 2.51. The van der Waals surface area contributed by atoms with Crippen molar-refractivity contribution in [3.05, 3.63) is 83.4 Å². The summed E-state index contributed by atoms with van der Waals surface area (Å²) >= 11 is 6.08. The lowest BCUT2D eigenvalue weighted by molar-refractivity contribution is -0.114. The van der Waals surface area contributed by atoms with Gasteiger partial charge >= 0.3 is 0 Å². The standard InChI is InChI=1S/C21H19ClN2O2/c1-15-7-8-17(13-20(15)22)23-14-21(25)24-16-9-11-19(12-10-16)26-18-5-3-2-4-6-18/h2-13,23H,14H2,1H3,(H,24,25). The van der Waals surface area contributed by atoms with Crippen molar-refractivity contribution in [1.29, 1.82) is 0 Å². The minimum absolute atomic E-state index is 0.140. The first-order valence-electron chi connectivity index (χ1n) is 8.23. The van der Waals surface area contributed by atoms with Crippen LogP contribution < -0.4 is 15.4 Å². The molecule has 2 N–H and O–H groups in total. The van der Waals surface area contributed by atoms with Crippen LogP contribution in [-0.4, -0.2) is 12.5 Å². The molecule has 4 nitrogen and oxygen atoms in total. The highest BCUT2D eigenvalue weighted by Gasteiger charge is 2.04. The number of ether oxygens (including phenoxy) is 1. The number of carbonyl (C=O) groups excluding carboxylic acids is 1. The molecule has 0 aliphatic rings. The monoisotopic (exact) mass is 366 g/mol. The fourth-order valence-electron chi connectivity index (χ4n) is 2.32. The van der Waals surface area contributed by atoms with E-state index < -0.39 is 0 Å². The van der Waals surface area contributed by atoms with Gasteiger partial charge in [-0.05, 0) is 61.0 Å². The van der Waals surface area contributed by atoms with Crippen LogP contribution in [0.2, 0.25) is 5.02 Å². The molecule has 0 heterocycles. The number of anilines is 2. The third-order valence-electron chi connectivity index (χ3n) is 3.74. The minimum Gasteiger partial charge on any atom is -0.457 e. The summed E-state index contributed by atoms with van der Waals surface area (Å²) in [6.45, 7) is 2.09. The molecule has 0 saturated carbocycles. The van der Waals surface area contributed by atoms with E-state index in [1.807, 2.05) is 61.5 Å². The van der Waals surface area contributed by atoms with Crippen LogP contribution in [0.25, 0.3) is 0 Å². The quantitative estimate of drug-likeness (QED) is 0.606. The maximum Gasteiger partial charge on any atom is 0.243 e. The summed E-state index contributed by atoms with van der Waals surface area (Å²) in [5.74, 6) is 1.34. The highest BCUT2D eigenvalue weighted by Crippen LogP contribution is 2.23. The molecule has 3 aromatic carbocycles. The van der Waals surface area contributed by atoms with E-state index in [0.29, 0.717) is 16.5 Å². The Hall–Kier alpha value is -2.98. The Bertz CT molecular complexity index is 880. The van der Waals surface area contributed by atoms with E-state index in [0.717, 1.165) is 17.0 Å². The average molecular weight is 367 g/mol. The summed E-state index contributed by atoms with van der Waals surface area (Å²) in [6, 6.07) is 22.4. The van der Waals surface area contributed by atoms with Crippen LogP contribution in [0.3, 0.4) is 0 Å². The molecular weight excluding hydrogens is 348 g/mol. The molecular formula is C21H19ClN2O2. The van der Waals surface area contributed by atoms with Crippen molar-refractivity contribution in [2.45, 2.75) is 6.92 Å². The van der Waals surface area contributed by atoms with Gasteiger partial charge in [0.05, 0.1) is 6.54 Å². The molecule has 1 amide bonds. The topological polar surface area (TPSA) is 50.4 Å². The van der Waals surface area contributed by atoms with Gasteiger partial charge in [0.15, 0.2) is 0 Å². The second-order valence-electron chi connectivity index (χ2n) is 5.81. The maximum atomic E-state index is 12.1. The lowest BCUT2D eigenvalue weighted by Gasteiger charge is -2.10. The molecule has 132 valence electrons. The number of carbonyl (C=O) groups is 1. The van der Waals surface area contributed by atoms with Crippen molar-refractivity contribution in [1.82, 2.24) is 0 Å². The smallest absolute Gasteiger partial charge is 0.243 e. The second-order valence-corrected chi connectivity index (χ2v) is 6.21. The molecule has 0 unspecified atom stereocenters. The van der Waals surface area contributed by atoms with Gasteiger partial charge in [-0.1, -0.05) is 35.9 Å². The molecule has 0 saturated heterocycles. The van der Waals surface area contributed by atoms with E-state index in [1.165, 1.54) is 0 Å². The van der Waals surface area contributed by atoms with Gasteiger partial charge in [0.25, 0.3) is 0 Å². The molecule has 0 spiro atoms. The number of hydrogen-bond donors (Lipinski definition) is 2. The predicted molar refractivity (Wildman–Crippen MR) is 106 cm³/mol. The van der Waals surface area contributed by atoms with Crippen LogP contribution in [-0.2, 0) is 4.79 Å². The van der Waals surface area contributed by atoms with E-state index in [4.69, 9.17) is 16.3 Å². The van der Waals surface area contributed by atoms with Crippen LogP contribution in [0.15, 0.2) is 72.8 Å². The van der Waals surface area contributed by atoms with Crippen LogP contribution in [0, 0.1) is 6.92 Å². The first kappa shape index (κ1) is 17.8. The van der Waals surface area contributed by atoms with Crippen LogP contribution in [0.1, 0.15) is 5.56 Å². The zero-order valence-corrected chi connectivity index (χ0v) is 15.1. The largest absolute Gasteiger partial charge is 0.457 e. The van der Waals surface area contributed by atoms with Crippen molar-refractivity contribution >= 4 is 28.9 Å². The van der Waals surface area contributed by atoms with Gasteiger partial charge in [-0.15, -0.1) is 0 Å². The SMILES string of the molecule is Cc1ccc(NCC(=O)Nc2ccc(Oc3ccccc3)cc2)cc1Cl. The number of hydrogen-bond acceptors (Lipinski definition) is 3. The average Bonchev–Trinajstić information content (AvgIpc) is 2.65. The molecule has 0 aliphatic carbocycles. The Morgan fingerprint density at radius 3 is 2.27 bits per heavy atom. The van der Waals surface area contributed by atoms with Crippen molar-refractivity contribution < 1.29 is 9.53 Å². The lowest BCUT2D eigenvalue weighted by Crippen LogP contribution is -2.21. The highest BCUT2D eigenvalue weighted by atomic mass is 35.5. The van der Waals surface area contributed by atoms with E-state index in [2.05, 4.69) is 10.6 Å². The van der Waals surface area contributed by atoms with Crippen molar-refractivity contribution in [2.75, 3.05) is 17.2 Å². The Kier molecular flexibility index (Phi) is 5.77. The van der Waals surface area contributed by atoms with Crippen molar-refractivity contribution in [3.63, 3.8) is 0 Å². The summed E-state index contributed by atoms with van der Waals surface area (Å²) in [4.78, 5) is 12.1. The Morgan fingerprint density at radius 2 is 1.58 bits per heavy atom. The Morgan fingerprint density at radius 1 is 0.923 bits per heavy atom. The number of para-hydroxylation sites is 1. The minimum atomic E-state index is -0.140. The maximum absolute atomic E-state index is 12.1. The van der Waals surface area contributed by atoms with Gasteiger partial charge in [-0.25, -0.2) is 0 Å². The molecule has 26 heavy (non-hydrogen) atoms. The van der Waals surface area contributed by atoms with E-state index in [1.54, 1.807) is 18.2 Å². The molecule has 0 radical (unpaired) electrons. The number of rotatable bonds is 6. The van der Waals surface area contributed by atoms with Crippen LogP contribution >= 0.6 is 11.6 Å². The van der Waals surface area contributed by atoms with Crippen molar-refractivity contribution in [2.24, 2.45) is 0 Å². The third kappa shape index (κ3) is 5.01. The molecule has 0 bridgehead atoms. The predicted octanol–water partition coefficient (Wildman–Crippen LogP) is 5.49. The number of nitrogens with one attached hydrogen (secondary N) is 2. The summed E-state index contributed by atoms with van der Waals surface area (Å²) in [7, 11) is 0. The summed E-state index contributed by atoms with van der Waals surface area (Å²) in [6.07, 6.45) is 0. The number of halogens is 1. The van der Waals surface area contributed by atoms with Gasteiger partial charge in [-0.3, -0.25) is 4.79 Å². The zero-order valence-electron chi connectivity index (χ0n) is 14.3. The summed E-state index contributed by atoms with van der Waals surface area (Å²) in [5, 5.41) is 6.57. The third-order valence-corrected chi connectivity index (χ3v) is 4.15.